The van der Waals surface area contributed by atoms with Crippen molar-refractivity contribution in [2.75, 3.05) is 16.6 Å². The normalized spacial score (nSPS) is 17.5. The highest BCUT2D eigenvalue weighted by Crippen LogP contribution is 2.27. The fraction of sp³-hybridized carbons (Fsp3) is 0.350. The molecule has 1 heterocycles. The van der Waals surface area contributed by atoms with Gasteiger partial charge in [-0.15, -0.1) is 0 Å². The van der Waals surface area contributed by atoms with Gasteiger partial charge < -0.3 is 5.32 Å². The van der Waals surface area contributed by atoms with E-state index in [0.717, 1.165) is 17.5 Å². The molecule has 0 radical (unpaired) electrons. The summed E-state index contributed by atoms with van der Waals surface area (Å²) in [6.45, 7) is 4.28. The molecule has 1 aliphatic rings. The minimum absolute atomic E-state index is 0.105. The Hall–Kier alpha value is -2.34. The molecule has 1 fully saturated rings. The SMILES string of the molecule is Cc1cc(C(=O)N[C@@H](C)c2ccccc2)ccc1N1CCCCS1(=O)=O. The Balaban J connectivity index is 1.78. The van der Waals surface area contributed by atoms with Crippen LogP contribution >= 0.6 is 0 Å². The molecule has 1 N–H and O–H groups in total. The first-order valence-corrected chi connectivity index (χ1v) is 10.5. The van der Waals surface area contributed by atoms with E-state index in [9.17, 15) is 13.2 Å². The standard InChI is InChI=1S/C20H24N2O3S/c1-15-14-18(20(23)21-16(2)17-8-4-3-5-9-17)10-11-19(15)22-12-6-7-13-26(22,24)25/h3-5,8-11,14,16H,6-7,12-13H2,1-2H3,(H,21,23)/t16-/m0/s1. The molecule has 3 rings (SSSR count). The van der Waals surface area contributed by atoms with E-state index in [0.29, 0.717) is 24.2 Å². The fourth-order valence-electron chi connectivity index (χ4n) is 3.24. The third kappa shape index (κ3) is 3.90. The summed E-state index contributed by atoms with van der Waals surface area (Å²) in [5.74, 6) is 0.0148. The molecular formula is C20H24N2O3S. The highest BCUT2D eigenvalue weighted by atomic mass is 32.2. The maximum Gasteiger partial charge on any atom is 0.251 e. The molecule has 26 heavy (non-hydrogen) atoms. The van der Waals surface area contributed by atoms with E-state index in [-0.39, 0.29) is 17.7 Å². The van der Waals surface area contributed by atoms with Crippen LogP contribution in [0.25, 0.3) is 0 Å². The summed E-state index contributed by atoms with van der Waals surface area (Å²) < 4.78 is 26.1. The number of hydrogen-bond acceptors (Lipinski definition) is 3. The molecule has 1 amide bonds. The maximum absolute atomic E-state index is 12.6. The van der Waals surface area contributed by atoms with E-state index < -0.39 is 10.0 Å². The zero-order chi connectivity index (χ0) is 18.7. The summed E-state index contributed by atoms with van der Waals surface area (Å²) >= 11 is 0. The minimum atomic E-state index is -3.25. The molecule has 1 saturated heterocycles. The Kier molecular flexibility index (Phi) is 5.32. The van der Waals surface area contributed by atoms with Crippen LogP contribution in [-0.2, 0) is 10.0 Å². The number of carbonyl (C=O) groups excluding carboxylic acids is 1. The smallest absolute Gasteiger partial charge is 0.251 e. The number of benzene rings is 2. The quantitative estimate of drug-likeness (QED) is 0.894. The first-order valence-electron chi connectivity index (χ1n) is 8.85. The molecule has 0 aliphatic carbocycles. The summed E-state index contributed by atoms with van der Waals surface area (Å²) in [4.78, 5) is 12.6. The average molecular weight is 372 g/mol. The van der Waals surface area contributed by atoms with Crippen molar-refractivity contribution in [1.82, 2.24) is 5.32 Å². The van der Waals surface area contributed by atoms with Crippen LogP contribution in [0.1, 0.15) is 47.3 Å². The number of anilines is 1. The van der Waals surface area contributed by atoms with E-state index in [1.165, 1.54) is 4.31 Å². The van der Waals surface area contributed by atoms with Gasteiger partial charge in [-0.1, -0.05) is 30.3 Å². The molecule has 0 bridgehead atoms. The lowest BCUT2D eigenvalue weighted by molar-refractivity contribution is 0.0940. The van der Waals surface area contributed by atoms with Gasteiger partial charge in [0.15, 0.2) is 0 Å². The molecule has 6 heteroatoms. The monoisotopic (exact) mass is 372 g/mol. The van der Waals surface area contributed by atoms with Crippen LogP contribution in [0.15, 0.2) is 48.5 Å². The van der Waals surface area contributed by atoms with Crippen LogP contribution in [0.2, 0.25) is 0 Å². The third-order valence-electron chi connectivity index (χ3n) is 4.72. The zero-order valence-corrected chi connectivity index (χ0v) is 15.9. The van der Waals surface area contributed by atoms with Crippen molar-refractivity contribution in [3.63, 3.8) is 0 Å². The Morgan fingerprint density at radius 2 is 1.85 bits per heavy atom. The van der Waals surface area contributed by atoms with Crippen LogP contribution in [0.5, 0.6) is 0 Å². The fourth-order valence-corrected chi connectivity index (χ4v) is 4.94. The second-order valence-electron chi connectivity index (χ2n) is 6.70. The third-order valence-corrected chi connectivity index (χ3v) is 6.58. The molecule has 0 aromatic heterocycles. The number of carbonyl (C=O) groups is 1. The average Bonchev–Trinajstić information content (AvgIpc) is 2.62. The number of nitrogens with one attached hydrogen (secondary N) is 1. The Morgan fingerprint density at radius 1 is 1.12 bits per heavy atom. The number of amides is 1. The van der Waals surface area contributed by atoms with Gasteiger partial charge in [-0.2, -0.15) is 0 Å². The van der Waals surface area contributed by atoms with Crippen molar-refractivity contribution in [2.24, 2.45) is 0 Å². The van der Waals surface area contributed by atoms with E-state index in [2.05, 4.69) is 5.32 Å². The Labute approximate surface area is 155 Å². The Bertz CT molecular complexity index is 895. The van der Waals surface area contributed by atoms with Gasteiger partial charge >= 0.3 is 0 Å². The highest BCUT2D eigenvalue weighted by Gasteiger charge is 2.27. The van der Waals surface area contributed by atoms with Gasteiger partial charge in [0.2, 0.25) is 10.0 Å². The van der Waals surface area contributed by atoms with E-state index in [4.69, 9.17) is 0 Å². The molecule has 1 atom stereocenters. The molecule has 0 unspecified atom stereocenters. The largest absolute Gasteiger partial charge is 0.346 e. The number of sulfonamides is 1. The summed E-state index contributed by atoms with van der Waals surface area (Å²) in [6.07, 6.45) is 1.56. The highest BCUT2D eigenvalue weighted by molar-refractivity contribution is 7.92. The van der Waals surface area contributed by atoms with Gasteiger partial charge in [0.05, 0.1) is 17.5 Å². The number of aryl methyl sites for hydroxylation is 1. The van der Waals surface area contributed by atoms with Crippen LogP contribution in [-0.4, -0.2) is 26.6 Å². The van der Waals surface area contributed by atoms with Gasteiger partial charge in [0.25, 0.3) is 5.91 Å². The zero-order valence-electron chi connectivity index (χ0n) is 15.1. The summed E-state index contributed by atoms with van der Waals surface area (Å²) in [7, 11) is -3.25. The van der Waals surface area contributed by atoms with E-state index >= 15 is 0 Å². The summed E-state index contributed by atoms with van der Waals surface area (Å²) in [5.41, 5.74) is 3.02. The Morgan fingerprint density at radius 3 is 2.50 bits per heavy atom. The van der Waals surface area contributed by atoms with Crippen molar-refractivity contribution >= 4 is 21.6 Å². The van der Waals surface area contributed by atoms with Gasteiger partial charge in [0, 0.05) is 12.1 Å². The van der Waals surface area contributed by atoms with Crippen molar-refractivity contribution in [3.8, 4) is 0 Å². The van der Waals surface area contributed by atoms with Gasteiger partial charge in [-0.25, -0.2) is 8.42 Å². The van der Waals surface area contributed by atoms with E-state index in [1.54, 1.807) is 18.2 Å². The lowest BCUT2D eigenvalue weighted by Gasteiger charge is -2.29. The first-order chi connectivity index (χ1) is 12.4. The molecule has 5 nitrogen and oxygen atoms in total. The van der Waals surface area contributed by atoms with Gasteiger partial charge in [0.1, 0.15) is 0 Å². The maximum atomic E-state index is 12.6. The van der Waals surface area contributed by atoms with Crippen LogP contribution in [0.4, 0.5) is 5.69 Å². The molecule has 0 saturated carbocycles. The van der Waals surface area contributed by atoms with Crippen molar-refractivity contribution in [3.05, 3.63) is 65.2 Å². The van der Waals surface area contributed by atoms with Crippen molar-refractivity contribution in [2.45, 2.75) is 32.7 Å². The lowest BCUT2D eigenvalue weighted by atomic mass is 10.1. The summed E-state index contributed by atoms with van der Waals surface area (Å²) in [5, 5.41) is 2.98. The second-order valence-corrected chi connectivity index (χ2v) is 8.72. The molecule has 138 valence electrons. The number of nitrogens with zero attached hydrogens (tertiary/aromatic N) is 1. The molecule has 0 spiro atoms. The van der Waals surface area contributed by atoms with Crippen LogP contribution < -0.4 is 9.62 Å². The summed E-state index contributed by atoms with van der Waals surface area (Å²) in [6, 6.07) is 14.8. The number of rotatable bonds is 4. The second kappa shape index (κ2) is 7.50. The minimum Gasteiger partial charge on any atom is -0.346 e. The topological polar surface area (TPSA) is 66.5 Å². The van der Waals surface area contributed by atoms with Crippen LogP contribution in [0.3, 0.4) is 0 Å². The van der Waals surface area contributed by atoms with Gasteiger partial charge in [-0.3, -0.25) is 9.10 Å². The van der Waals surface area contributed by atoms with Crippen molar-refractivity contribution in [1.29, 1.82) is 0 Å². The lowest BCUT2D eigenvalue weighted by Crippen LogP contribution is -2.38. The first kappa shape index (κ1) is 18.5. The molecule has 1 aliphatic heterocycles. The number of hydrogen-bond donors (Lipinski definition) is 1. The molecule has 2 aromatic rings. The van der Waals surface area contributed by atoms with Gasteiger partial charge in [-0.05, 0) is 56.0 Å². The molecule has 2 aromatic carbocycles. The predicted molar refractivity (Wildman–Crippen MR) is 104 cm³/mol. The van der Waals surface area contributed by atoms with Crippen LogP contribution in [0, 0.1) is 6.92 Å². The molecular weight excluding hydrogens is 348 g/mol. The van der Waals surface area contributed by atoms with E-state index in [1.807, 2.05) is 44.2 Å². The van der Waals surface area contributed by atoms with Crippen molar-refractivity contribution < 1.29 is 13.2 Å². The predicted octanol–water partition coefficient (Wildman–Crippen LogP) is 3.42.